The van der Waals surface area contributed by atoms with Crippen LogP contribution in [0.15, 0.2) is 48.5 Å². The van der Waals surface area contributed by atoms with Gasteiger partial charge in [-0.15, -0.1) is 11.3 Å². The second-order valence-corrected chi connectivity index (χ2v) is 11.2. The van der Waals surface area contributed by atoms with Crippen LogP contribution in [0, 0.1) is 5.92 Å². The van der Waals surface area contributed by atoms with E-state index in [0.717, 1.165) is 32.4 Å². The number of anilines is 2. The molecule has 2 aromatic heterocycles. The Morgan fingerprint density at radius 1 is 0.973 bits per heavy atom. The van der Waals surface area contributed by atoms with E-state index in [0.29, 0.717) is 57.2 Å². The summed E-state index contributed by atoms with van der Waals surface area (Å²) in [5.41, 5.74) is 3.40. The molecule has 2 aliphatic heterocycles. The summed E-state index contributed by atoms with van der Waals surface area (Å²) in [5, 5.41) is 0. The molecular formula is C29H30N4O3S. The number of hydrogen-bond acceptors (Lipinski definition) is 6. The molecule has 1 aliphatic carbocycles. The number of fused-ring (bicyclic) bond motifs is 3. The normalized spacial score (nSPS) is 17.2. The Bertz CT molecular complexity index is 1370. The second-order valence-electron chi connectivity index (χ2n) is 10.1. The predicted octanol–water partition coefficient (Wildman–Crippen LogP) is 4.66. The number of carbonyl (C=O) groups is 3. The van der Waals surface area contributed by atoms with Crippen molar-refractivity contribution in [2.24, 2.45) is 5.92 Å². The van der Waals surface area contributed by atoms with E-state index in [4.69, 9.17) is 4.98 Å². The van der Waals surface area contributed by atoms with Gasteiger partial charge in [0.1, 0.15) is 11.5 Å². The van der Waals surface area contributed by atoms with E-state index >= 15 is 0 Å². The number of thiophene rings is 1. The Labute approximate surface area is 220 Å². The molecule has 1 saturated carbocycles. The SMILES string of the molecule is CC(=O)N1CCN(c2cccc(C(=O)N3CCc4cc(C(=O)CC5CC5)sc4-c4ccccc43)n2)CC1. The lowest BCUT2D eigenvalue weighted by molar-refractivity contribution is -0.129. The number of amides is 2. The summed E-state index contributed by atoms with van der Waals surface area (Å²) >= 11 is 1.56. The Morgan fingerprint density at radius 3 is 2.51 bits per heavy atom. The third-order valence-corrected chi connectivity index (χ3v) is 8.80. The van der Waals surface area contributed by atoms with Crippen molar-refractivity contribution in [2.75, 3.05) is 42.5 Å². The number of ketones is 1. The first-order valence-electron chi connectivity index (χ1n) is 13.0. The smallest absolute Gasteiger partial charge is 0.276 e. The van der Waals surface area contributed by atoms with Gasteiger partial charge in [0.15, 0.2) is 5.78 Å². The average molecular weight is 515 g/mol. The van der Waals surface area contributed by atoms with Crippen LogP contribution in [-0.2, 0) is 11.2 Å². The number of benzene rings is 1. The zero-order valence-corrected chi connectivity index (χ0v) is 21.8. The van der Waals surface area contributed by atoms with Crippen LogP contribution in [0.1, 0.15) is 51.9 Å². The van der Waals surface area contributed by atoms with Gasteiger partial charge in [0.25, 0.3) is 5.91 Å². The van der Waals surface area contributed by atoms with Gasteiger partial charge in [-0.25, -0.2) is 4.98 Å². The van der Waals surface area contributed by atoms with Crippen LogP contribution in [-0.4, -0.2) is 60.2 Å². The fraction of sp³-hybridized carbons (Fsp3) is 0.379. The summed E-state index contributed by atoms with van der Waals surface area (Å²) in [6, 6.07) is 15.6. The number of piperazine rings is 1. The van der Waals surface area contributed by atoms with E-state index in [9.17, 15) is 14.4 Å². The van der Waals surface area contributed by atoms with Crippen LogP contribution in [0.25, 0.3) is 10.4 Å². The Balaban J connectivity index is 1.26. The molecule has 0 atom stereocenters. The minimum absolute atomic E-state index is 0.0873. The summed E-state index contributed by atoms with van der Waals surface area (Å²) in [5.74, 6) is 1.53. The maximum Gasteiger partial charge on any atom is 0.276 e. The molecule has 6 rings (SSSR count). The predicted molar refractivity (Wildman–Crippen MR) is 146 cm³/mol. The molecule has 2 fully saturated rings. The lowest BCUT2D eigenvalue weighted by atomic mass is 10.1. The number of aromatic nitrogens is 1. The number of hydrogen-bond donors (Lipinski definition) is 0. The molecule has 2 amide bonds. The lowest BCUT2D eigenvalue weighted by Gasteiger charge is -2.35. The molecule has 0 bridgehead atoms. The highest BCUT2D eigenvalue weighted by Crippen LogP contribution is 2.43. The molecule has 0 spiro atoms. The van der Waals surface area contributed by atoms with Crippen LogP contribution in [0.2, 0.25) is 0 Å². The first kappa shape index (κ1) is 23.9. The van der Waals surface area contributed by atoms with Gasteiger partial charge >= 0.3 is 0 Å². The number of pyridine rings is 1. The van der Waals surface area contributed by atoms with Crippen molar-refractivity contribution in [2.45, 2.75) is 32.6 Å². The zero-order valence-electron chi connectivity index (χ0n) is 21.0. The van der Waals surface area contributed by atoms with E-state index in [1.165, 1.54) is 12.8 Å². The molecule has 3 aliphatic rings. The minimum Gasteiger partial charge on any atom is -0.353 e. The standard InChI is InChI=1S/C29H30N4O3S/c1-19(34)31-13-15-32(16-14-31)27-8-4-6-23(30-27)29(36)33-12-11-21-18-26(25(35)17-20-9-10-20)37-28(21)22-5-2-3-7-24(22)33/h2-8,18,20H,9-17H2,1H3. The molecule has 1 aromatic carbocycles. The Morgan fingerprint density at radius 2 is 1.76 bits per heavy atom. The zero-order chi connectivity index (χ0) is 25.5. The number of rotatable bonds is 5. The maximum atomic E-state index is 13.8. The third-order valence-electron chi connectivity index (χ3n) is 7.55. The first-order valence-corrected chi connectivity index (χ1v) is 13.8. The molecule has 8 heteroatoms. The van der Waals surface area contributed by atoms with E-state index < -0.39 is 0 Å². The molecular weight excluding hydrogens is 484 g/mol. The Kier molecular flexibility index (Phi) is 6.28. The average Bonchev–Trinajstić information content (AvgIpc) is 3.67. The molecule has 0 unspecified atom stereocenters. The number of para-hydroxylation sites is 1. The van der Waals surface area contributed by atoms with Crippen molar-refractivity contribution in [3.05, 3.63) is 64.7 Å². The maximum absolute atomic E-state index is 13.8. The van der Waals surface area contributed by atoms with Crippen molar-refractivity contribution < 1.29 is 14.4 Å². The van der Waals surface area contributed by atoms with E-state index in [1.54, 1.807) is 24.3 Å². The summed E-state index contributed by atoms with van der Waals surface area (Å²) in [6.45, 7) is 4.82. The van der Waals surface area contributed by atoms with Gasteiger partial charge in [-0.1, -0.05) is 24.3 Å². The van der Waals surface area contributed by atoms with Gasteiger partial charge in [-0.05, 0) is 55.0 Å². The fourth-order valence-corrected chi connectivity index (χ4v) is 6.43. The van der Waals surface area contributed by atoms with Crippen LogP contribution >= 0.6 is 11.3 Å². The highest BCUT2D eigenvalue weighted by atomic mass is 32.1. The second kappa shape index (κ2) is 9.74. The first-order chi connectivity index (χ1) is 18.0. The van der Waals surface area contributed by atoms with E-state index in [2.05, 4.69) is 11.0 Å². The van der Waals surface area contributed by atoms with Gasteiger partial charge in [-0.3, -0.25) is 14.4 Å². The number of Topliss-reactive ketones (excluding diaryl/α,β-unsaturated/α-hetero) is 1. The quantitative estimate of drug-likeness (QED) is 0.463. The molecule has 190 valence electrons. The van der Waals surface area contributed by atoms with Gasteiger partial charge in [0.05, 0.1) is 10.6 Å². The fourth-order valence-electron chi connectivity index (χ4n) is 5.24. The molecule has 4 heterocycles. The topological polar surface area (TPSA) is 73.8 Å². The van der Waals surface area contributed by atoms with Gasteiger partial charge in [0.2, 0.25) is 5.91 Å². The van der Waals surface area contributed by atoms with Crippen LogP contribution in [0.3, 0.4) is 0 Å². The highest BCUT2D eigenvalue weighted by molar-refractivity contribution is 7.17. The Hall–Kier alpha value is -3.52. The van der Waals surface area contributed by atoms with Gasteiger partial charge < -0.3 is 14.7 Å². The van der Waals surface area contributed by atoms with E-state index in [1.807, 2.05) is 46.2 Å². The van der Waals surface area contributed by atoms with Crippen molar-refractivity contribution in [1.29, 1.82) is 0 Å². The number of nitrogens with zero attached hydrogens (tertiary/aromatic N) is 4. The van der Waals surface area contributed by atoms with Crippen LogP contribution < -0.4 is 9.80 Å². The summed E-state index contributed by atoms with van der Waals surface area (Å²) in [4.78, 5) is 50.7. The van der Waals surface area contributed by atoms with Crippen molar-refractivity contribution in [3.63, 3.8) is 0 Å². The third kappa shape index (κ3) is 4.78. The van der Waals surface area contributed by atoms with Gasteiger partial charge in [0, 0.05) is 56.5 Å². The molecule has 0 radical (unpaired) electrons. The summed E-state index contributed by atoms with van der Waals surface area (Å²) < 4.78 is 0. The molecule has 37 heavy (non-hydrogen) atoms. The molecule has 7 nitrogen and oxygen atoms in total. The minimum atomic E-state index is -0.128. The number of carbonyl (C=O) groups excluding carboxylic acids is 3. The molecule has 0 N–H and O–H groups in total. The van der Waals surface area contributed by atoms with Gasteiger partial charge in [-0.2, -0.15) is 0 Å². The summed E-state index contributed by atoms with van der Waals surface area (Å²) in [7, 11) is 0. The van der Waals surface area contributed by atoms with Crippen LogP contribution in [0.5, 0.6) is 0 Å². The monoisotopic (exact) mass is 514 g/mol. The van der Waals surface area contributed by atoms with Crippen molar-refractivity contribution >= 4 is 40.4 Å². The van der Waals surface area contributed by atoms with Crippen LogP contribution in [0.4, 0.5) is 11.5 Å². The largest absolute Gasteiger partial charge is 0.353 e. The lowest BCUT2D eigenvalue weighted by Crippen LogP contribution is -2.48. The molecule has 3 aromatic rings. The van der Waals surface area contributed by atoms with E-state index in [-0.39, 0.29) is 17.6 Å². The van der Waals surface area contributed by atoms with Crippen molar-refractivity contribution in [3.8, 4) is 10.4 Å². The molecule has 1 saturated heterocycles. The van der Waals surface area contributed by atoms with Crippen molar-refractivity contribution in [1.82, 2.24) is 9.88 Å². The summed E-state index contributed by atoms with van der Waals surface area (Å²) in [6.07, 6.45) is 3.67. The highest BCUT2D eigenvalue weighted by Gasteiger charge is 2.30.